The summed E-state index contributed by atoms with van der Waals surface area (Å²) in [6, 6.07) is 3.44. The van der Waals surface area contributed by atoms with Crippen molar-refractivity contribution in [1.82, 2.24) is 5.32 Å². The largest absolute Gasteiger partial charge is 0.481 e. The average molecular weight is 307 g/mol. The van der Waals surface area contributed by atoms with Crippen LogP contribution in [0.4, 0.5) is 0 Å². The molecule has 122 valence electrons. The molecule has 0 spiro atoms. The highest BCUT2D eigenvalue weighted by molar-refractivity contribution is 5.94. The highest BCUT2D eigenvalue weighted by Gasteiger charge is 2.14. The van der Waals surface area contributed by atoms with Gasteiger partial charge in [0.2, 0.25) is 0 Å². The zero-order chi connectivity index (χ0) is 16.9. The van der Waals surface area contributed by atoms with Gasteiger partial charge in [-0.1, -0.05) is 20.8 Å². The van der Waals surface area contributed by atoms with Crippen LogP contribution in [-0.4, -0.2) is 30.1 Å². The lowest BCUT2D eigenvalue weighted by Gasteiger charge is -2.17. The van der Waals surface area contributed by atoms with Gasteiger partial charge in [-0.05, 0) is 48.9 Å². The quantitative estimate of drug-likeness (QED) is 0.812. The molecule has 1 rings (SSSR count). The number of hydrogen-bond donors (Lipinski definition) is 2. The van der Waals surface area contributed by atoms with Crippen LogP contribution in [0.25, 0.3) is 0 Å². The molecular formula is C17H25NO4. The number of carbonyl (C=O) groups excluding carboxylic acids is 1. The molecule has 0 aromatic heterocycles. The van der Waals surface area contributed by atoms with Crippen LogP contribution in [0.5, 0.6) is 5.75 Å². The van der Waals surface area contributed by atoms with Crippen LogP contribution in [0, 0.1) is 25.7 Å². The highest BCUT2D eigenvalue weighted by atomic mass is 16.5. The Bertz CT molecular complexity index is 529. The first-order chi connectivity index (χ1) is 10.2. The Balaban J connectivity index is 2.80. The molecule has 0 radical (unpaired) electrons. The number of hydrogen-bond acceptors (Lipinski definition) is 3. The lowest BCUT2D eigenvalue weighted by Crippen LogP contribution is -2.30. The van der Waals surface area contributed by atoms with Gasteiger partial charge >= 0.3 is 5.97 Å². The Hall–Kier alpha value is -2.04. The third-order valence-corrected chi connectivity index (χ3v) is 3.79. The Morgan fingerprint density at radius 3 is 2.18 bits per heavy atom. The van der Waals surface area contributed by atoms with E-state index in [1.165, 1.54) is 0 Å². The molecular weight excluding hydrogens is 282 g/mol. The number of nitrogens with one attached hydrogen (secondary N) is 1. The van der Waals surface area contributed by atoms with Gasteiger partial charge in [0, 0.05) is 12.1 Å². The minimum Gasteiger partial charge on any atom is -0.481 e. The van der Waals surface area contributed by atoms with Crippen LogP contribution >= 0.6 is 0 Å². The maximum atomic E-state index is 12.2. The van der Waals surface area contributed by atoms with Crippen molar-refractivity contribution in [3.05, 3.63) is 28.8 Å². The van der Waals surface area contributed by atoms with Crippen molar-refractivity contribution in [1.29, 1.82) is 0 Å². The molecule has 0 saturated carbocycles. The van der Waals surface area contributed by atoms with Crippen LogP contribution in [0.15, 0.2) is 12.1 Å². The van der Waals surface area contributed by atoms with Crippen molar-refractivity contribution in [3.8, 4) is 5.75 Å². The molecule has 1 aromatic carbocycles. The monoisotopic (exact) mass is 307 g/mol. The molecule has 0 fully saturated rings. The number of carboxylic acid groups (broad SMARTS) is 1. The topological polar surface area (TPSA) is 75.6 Å². The molecule has 1 atom stereocenters. The summed E-state index contributed by atoms with van der Waals surface area (Å²) in [5.41, 5.74) is 2.07. The zero-order valence-electron chi connectivity index (χ0n) is 13.9. The lowest BCUT2D eigenvalue weighted by atomic mass is 9.98. The molecule has 5 heteroatoms. The second-order valence-electron chi connectivity index (χ2n) is 6.05. The summed E-state index contributed by atoms with van der Waals surface area (Å²) in [6.07, 6.45) is 0. The van der Waals surface area contributed by atoms with Gasteiger partial charge in [-0.3, -0.25) is 4.79 Å². The molecule has 22 heavy (non-hydrogen) atoms. The van der Waals surface area contributed by atoms with E-state index in [2.05, 4.69) is 26.1 Å². The van der Waals surface area contributed by atoms with E-state index in [1.54, 1.807) is 26.0 Å². The van der Waals surface area contributed by atoms with Crippen LogP contribution in [0.3, 0.4) is 0 Å². The van der Waals surface area contributed by atoms with Crippen molar-refractivity contribution in [2.24, 2.45) is 11.8 Å². The molecule has 0 aliphatic rings. The highest BCUT2D eigenvalue weighted by Crippen LogP contribution is 2.25. The second-order valence-corrected chi connectivity index (χ2v) is 6.05. The van der Waals surface area contributed by atoms with E-state index >= 15 is 0 Å². The van der Waals surface area contributed by atoms with E-state index in [1.807, 2.05) is 0 Å². The summed E-state index contributed by atoms with van der Waals surface area (Å²) in [4.78, 5) is 22.8. The van der Waals surface area contributed by atoms with Gasteiger partial charge in [-0.2, -0.15) is 0 Å². The average Bonchev–Trinajstić information content (AvgIpc) is 2.42. The number of carbonyl (C=O) groups is 2. The Morgan fingerprint density at radius 2 is 1.73 bits per heavy atom. The molecule has 1 amide bonds. The molecule has 0 aliphatic carbocycles. The summed E-state index contributed by atoms with van der Waals surface area (Å²) >= 11 is 0. The van der Waals surface area contributed by atoms with Crippen molar-refractivity contribution < 1.29 is 19.4 Å². The van der Waals surface area contributed by atoms with Crippen molar-refractivity contribution in [2.45, 2.75) is 34.6 Å². The maximum absolute atomic E-state index is 12.2. The van der Waals surface area contributed by atoms with Crippen molar-refractivity contribution >= 4 is 11.9 Å². The summed E-state index contributed by atoms with van der Waals surface area (Å²) in [6.45, 7) is 10.2. The molecule has 5 nitrogen and oxygen atoms in total. The van der Waals surface area contributed by atoms with E-state index in [4.69, 9.17) is 9.84 Å². The van der Waals surface area contributed by atoms with Gasteiger partial charge in [-0.15, -0.1) is 0 Å². The van der Waals surface area contributed by atoms with E-state index in [0.29, 0.717) is 29.7 Å². The first-order valence-corrected chi connectivity index (χ1v) is 7.46. The first-order valence-electron chi connectivity index (χ1n) is 7.46. The number of rotatable bonds is 7. The Labute approximate surface area is 131 Å². The summed E-state index contributed by atoms with van der Waals surface area (Å²) in [5, 5.41) is 11.6. The molecule has 1 unspecified atom stereocenters. The number of carboxylic acids is 1. The standard InChI is InChI=1S/C17H25NO4/c1-10(2)13(5)8-18-17(21)14-6-11(3)16(12(4)7-14)22-9-15(19)20/h6-7,10,13H,8-9H2,1-5H3,(H,18,21)(H,19,20). The number of benzene rings is 1. The zero-order valence-corrected chi connectivity index (χ0v) is 13.9. The molecule has 1 aromatic rings. The van der Waals surface area contributed by atoms with Gasteiger partial charge in [-0.25, -0.2) is 4.79 Å². The number of aliphatic carboxylic acids is 1. The molecule has 0 aliphatic heterocycles. The number of aryl methyl sites for hydroxylation is 2. The van der Waals surface area contributed by atoms with Crippen molar-refractivity contribution in [3.63, 3.8) is 0 Å². The van der Waals surface area contributed by atoms with Crippen molar-refractivity contribution in [2.75, 3.05) is 13.2 Å². The number of amides is 1. The fourth-order valence-corrected chi connectivity index (χ4v) is 2.03. The minimum atomic E-state index is -1.02. The van der Waals surface area contributed by atoms with Crippen LogP contribution in [-0.2, 0) is 4.79 Å². The SMILES string of the molecule is Cc1cc(C(=O)NCC(C)C(C)C)cc(C)c1OCC(=O)O. The smallest absolute Gasteiger partial charge is 0.341 e. The molecule has 2 N–H and O–H groups in total. The Kier molecular flexibility index (Phi) is 6.40. The van der Waals surface area contributed by atoms with Gasteiger partial charge < -0.3 is 15.2 Å². The normalized spacial score (nSPS) is 12.1. The van der Waals surface area contributed by atoms with Crippen LogP contribution in [0.2, 0.25) is 0 Å². The molecule has 0 bridgehead atoms. The molecule has 0 saturated heterocycles. The molecule has 0 heterocycles. The van der Waals surface area contributed by atoms with Crippen LogP contribution in [0.1, 0.15) is 42.3 Å². The van der Waals surface area contributed by atoms with E-state index < -0.39 is 5.97 Å². The predicted molar refractivity (Wildman–Crippen MR) is 85.4 cm³/mol. The third kappa shape index (κ3) is 5.06. The van der Waals surface area contributed by atoms with Gasteiger partial charge in [0.05, 0.1) is 0 Å². The van der Waals surface area contributed by atoms with Crippen LogP contribution < -0.4 is 10.1 Å². The van der Waals surface area contributed by atoms with Gasteiger partial charge in [0.1, 0.15) is 5.75 Å². The predicted octanol–water partition coefficient (Wildman–Crippen LogP) is 2.79. The summed E-state index contributed by atoms with van der Waals surface area (Å²) in [5.74, 6) is 0.293. The summed E-state index contributed by atoms with van der Waals surface area (Å²) < 4.78 is 5.26. The van der Waals surface area contributed by atoms with Gasteiger partial charge in [0.25, 0.3) is 5.91 Å². The fraction of sp³-hybridized carbons (Fsp3) is 0.529. The summed E-state index contributed by atoms with van der Waals surface area (Å²) in [7, 11) is 0. The van der Waals surface area contributed by atoms with E-state index in [9.17, 15) is 9.59 Å². The Morgan fingerprint density at radius 1 is 1.18 bits per heavy atom. The maximum Gasteiger partial charge on any atom is 0.341 e. The van der Waals surface area contributed by atoms with Gasteiger partial charge in [0.15, 0.2) is 6.61 Å². The lowest BCUT2D eigenvalue weighted by molar-refractivity contribution is -0.139. The van der Waals surface area contributed by atoms with E-state index in [0.717, 1.165) is 11.1 Å². The second kappa shape index (κ2) is 7.82. The fourth-order valence-electron chi connectivity index (χ4n) is 2.03. The minimum absolute atomic E-state index is 0.122. The first kappa shape index (κ1) is 18.0. The number of ether oxygens (including phenoxy) is 1. The third-order valence-electron chi connectivity index (χ3n) is 3.79. The van der Waals surface area contributed by atoms with E-state index in [-0.39, 0.29) is 12.5 Å².